The fourth-order valence-electron chi connectivity index (χ4n) is 1.93. The van der Waals surface area contributed by atoms with Crippen molar-refractivity contribution < 1.29 is 4.79 Å². The molecule has 1 amide bonds. The molecule has 0 aliphatic heterocycles. The average Bonchev–Trinajstić information content (AvgIpc) is 2.43. The highest BCUT2D eigenvalue weighted by Gasteiger charge is 2.11. The summed E-state index contributed by atoms with van der Waals surface area (Å²) < 4.78 is 1.30. The topological polar surface area (TPSA) is 64.0 Å². The van der Waals surface area contributed by atoms with Gasteiger partial charge >= 0.3 is 0 Å². The van der Waals surface area contributed by atoms with Crippen molar-refractivity contribution >= 4 is 11.6 Å². The molecule has 1 N–H and O–H groups in total. The van der Waals surface area contributed by atoms with Crippen LogP contribution in [0.2, 0.25) is 0 Å². The fourth-order valence-corrected chi connectivity index (χ4v) is 1.93. The zero-order chi connectivity index (χ0) is 15.6. The van der Waals surface area contributed by atoms with E-state index in [9.17, 15) is 9.59 Å². The van der Waals surface area contributed by atoms with Gasteiger partial charge in [-0.05, 0) is 57.0 Å². The number of nitrogens with one attached hydrogen (secondary N) is 1. The molecule has 0 atom stereocenters. The number of carbonyl (C=O) groups is 1. The molecule has 2 aromatic rings. The van der Waals surface area contributed by atoms with Crippen molar-refractivity contribution in [2.75, 3.05) is 5.32 Å². The quantitative estimate of drug-likeness (QED) is 0.943. The molecule has 2 rings (SSSR count). The molecule has 5 nitrogen and oxygen atoms in total. The van der Waals surface area contributed by atoms with Gasteiger partial charge in [0.25, 0.3) is 11.5 Å². The molecule has 0 aliphatic rings. The van der Waals surface area contributed by atoms with Crippen LogP contribution in [-0.2, 0) is 0 Å². The lowest BCUT2D eigenvalue weighted by Crippen LogP contribution is -2.27. The van der Waals surface area contributed by atoms with Gasteiger partial charge in [-0.25, -0.2) is 4.68 Å². The molecular weight excluding hydrogens is 266 g/mol. The van der Waals surface area contributed by atoms with Gasteiger partial charge in [-0.1, -0.05) is 6.07 Å². The summed E-state index contributed by atoms with van der Waals surface area (Å²) in [6.07, 6.45) is 0. The Morgan fingerprint density at radius 3 is 2.48 bits per heavy atom. The molecule has 1 aromatic heterocycles. The Morgan fingerprint density at radius 1 is 1.14 bits per heavy atom. The Bertz CT molecular complexity index is 733. The molecule has 0 unspecified atom stereocenters. The largest absolute Gasteiger partial charge is 0.321 e. The van der Waals surface area contributed by atoms with E-state index in [-0.39, 0.29) is 23.2 Å². The predicted molar refractivity (Wildman–Crippen MR) is 82.8 cm³/mol. The summed E-state index contributed by atoms with van der Waals surface area (Å²) in [6, 6.07) is 8.42. The molecule has 5 heteroatoms. The Kier molecular flexibility index (Phi) is 4.21. The maximum Gasteiger partial charge on any atom is 0.276 e. The number of rotatable bonds is 3. The second kappa shape index (κ2) is 5.91. The summed E-state index contributed by atoms with van der Waals surface area (Å²) in [7, 11) is 0. The first kappa shape index (κ1) is 15.0. The lowest BCUT2D eigenvalue weighted by atomic mass is 10.1. The van der Waals surface area contributed by atoms with Crippen molar-refractivity contribution in [2.45, 2.75) is 33.7 Å². The third-order valence-electron chi connectivity index (χ3n) is 3.31. The second-order valence-corrected chi connectivity index (χ2v) is 5.35. The van der Waals surface area contributed by atoms with Gasteiger partial charge in [0.2, 0.25) is 0 Å². The highest BCUT2D eigenvalue weighted by atomic mass is 16.2. The van der Waals surface area contributed by atoms with Gasteiger partial charge in [-0.3, -0.25) is 9.59 Å². The molecule has 110 valence electrons. The molecule has 0 aliphatic carbocycles. The van der Waals surface area contributed by atoms with Crippen molar-refractivity contribution in [1.29, 1.82) is 0 Å². The van der Waals surface area contributed by atoms with Gasteiger partial charge in [0.05, 0.1) is 6.04 Å². The lowest BCUT2D eigenvalue weighted by molar-refractivity contribution is 0.101. The summed E-state index contributed by atoms with van der Waals surface area (Å²) in [6.45, 7) is 7.70. The Balaban J connectivity index is 2.26. The van der Waals surface area contributed by atoms with Crippen LogP contribution in [0.3, 0.4) is 0 Å². The van der Waals surface area contributed by atoms with Gasteiger partial charge in [-0.2, -0.15) is 5.10 Å². The van der Waals surface area contributed by atoms with Gasteiger partial charge in [0, 0.05) is 11.8 Å². The third-order valence-corrected chi connectivity index (χ3v) is 3.31. The summed E-state index contributed by atoms with van der Waals surface area (Å²) in [4.78, 5) is 23.9. The summed E-state index contributed by atoms with van der Waals surface area (Å²) in [5.41, 5.74) is 2.99. The van der Waals surface area contributed by atoms with Crippen molar-refractivity contribution in [3.8, 4) is 0 Å². The summed E-state index contributed by atoms with van der Waals surface area (Å²) in [5, 5.41) is 6.90. The van der Waals surface area contributed by atoms with Crippen LogP contribution < -0.4 is 10.9 Å². The normalized spacial score (nSPS) is 10.7. The van der Waals surface area contributed by atoms with Gasteiger partial charge in [0.15, 0.2) is 0 Å². The second-order valence-electron chi connectivity index (χ2n) is 5.35. The number of anilines is 1. The number of hydrogen-bond donors (Lipinski definition) is 1. The Morgan fingerprint density at radius 2 is 1.86 bits per heavy atom. The minimum atomic E-state index is -0.326. The number of benzene rings is 1. The predicted octanol–water partition coefficient (Wildman–Crippen LogP) is 2.69. The molecule has 1 heterocycles. The van der Waals surface area contributed by atoms with Crippen molar-refractivity contribution in [3.05, 3.63) is 57.5 Å². The molecule has 1 aromatic carbocycles. The minimum absolute atomic E-state index is 0.0909. The number of hydrogen-bond acceptors (Lipinski definition) is 3. The van der Waals surface area contributed by atoms with Gasteiger partial charge < -0.3 is 5.32 Å². The molecule has 0 radical (unpaired) electrons. The molecular formula is C16H19N3O2. The van der Waals surface area contributed by atoms with Crippen LogP contribution >= 0.6 is 0 Å². The number of nitrogens with zero attached hydrogens (tertiary/aromatic N) is 2. The highest BCUT2D eigenvalue weighted by Crippen LogP contribution is 2.14. The number of carbonyl (C=O) groups excluding carboxylic acids is 1. The maximum absolute atomic E-state index is 12.2. The molecule has 21 heavy (non-hydrogen) atoms. The highest BCUT2D eigenvalue weighted by molar-refractivity contribution is 6.02. The maximum atomic E-state index is 12.2. The van der Waals surface area contributed by atoms with Gasteiger partial charge in [-0.15, -0.1) is 0 Å². The molecule has 0 saturated heterocycles. The van der Waals surface area contributed by atoms with Crippen LogP contribution in [0.15, 0.2) is 35.1 Å². The Labute approximate surface area is 123 Å². The monoisotopic (exact) mass is 285 g/mol. The van der Waals surface area contributed by atoms with Crippen LogP contribution in [-0.4, -0.2) is 15.7 Å². The van der Waals surface area contributed by atoms with Crippen LogP contribution in [0.1, 0.15) is 41.5 Å². The number of aromatic nitrogens is 2. The van der Waals surface area contributed by atoms with E-state index in [0.717, 1.165) is 5.56 Å². The van der Waals surface area contributed by atoms with Crippen LogP contribution in [0.5, 0.6) is 0 Å². The SMILES string of the molecule is Cc1ccc(NC(=O)c2ccc(=O)n(C(C)C)n2)cc1C. The van der Waals surface area contributed by atoms with Gasteiger partial charge in [0.1, 0.15) is 5.69 Å². The minimum Gasteiger partial charge on any atom is -0.321 e. The van der Waals surface area contributed by atoms with Crippen molar-refractivity contribution in [3.63, 3.8) is 0 Å². The summed E-state index contributed by atoms with van der Waals surface area (Å²) in [5.74, 6) is -0.326. The van der Waals surface area contributed by atoms with Crippen molar-refractivity contribution in [1.82, 2.24) is 9.78 Å². The number of amides is 1. The van der Waals surface area contributed by atoms with E-state index >= 15 is 0 Å². The lowest BCUT2D eigenvalue weighted by Gasteiger charge is -2.10. The molecule has 0 bridgehead atoms. The average molecular weight is 285 g/mol. The molecule has 0 spiro atoms. The zero-order valence-electron chi connectivity index (χ0n) is 12.7. The summed E-state index contributed by atoms with van der Waals surface area (Å²) >= 11 is 0. The Hall–Kier alpha value is -2.43. The van der Waals surface area contributed by atoms with E-state index in [1.54, 1.807) is 0 Å². The van der Waals surface area contributed by atoms with Crippen LogP contribution in [0.4, 0.5) is 5.69 Å². The van der Waals surface area contributed by atoms with E-state index in [4.69, 9.17) is 0 Å². The van der Waals surface area contributed by atoms with Crippen molar-refractivity contribution in [2.24, 2.45) is 0 Å². The third kappa shape index (κ3) is 3.37. The van der Waals surface area contributed by atoms with Crippen LogP contribution in [0.25, 0.3) is 0 Å². The standard InChI is InChI=1S/C16H19N3O2/c1-10(2)19-15(20)8-7-14(18-19)16(21)17-13-6-5-11(3)12(4)9-13/h5-10H,1-4H3,(H,17,21). The number of aryl methyl sites for hydroxylation is 2. The van der Waals surface area contributed by atoms with E-state index in [0.29, 0.717) is 5.69 Å². The first-order valence-electron chi connectivity index (χ1n) is 6.87. The van der Waals surface area contributed by atoms with E-state index in [1.165, 1.54) is 22.4 Å². The van der Waals surface area contributed by atoms with E-state index in [2.05, 4.69) is 10.4 Å². The first-order chi connectivity index (χ1) is 9.88. The smallest absolute Gasteiger partial charge is 0.276 e. The zero-order valence-corrected chi connectivity index (χ0v) is 12.7. The first-order valence-corrected chi connectivity index (χ1v) is 6.87. The molecule has 0 fully saturated rings. The molecule has 0 saturated carbocycles. The van der Waals surface area contributed by atoms with E-state index in [1.807, 2.05) is 45.9 Å². The fraction of sp³-hybridized carbons (Fsp3) is 0.312. The van der Waals surface area contributed by atoms with Crippen LogP contribution in [0, 0.1) is 13.8 Å². The van der Waals surface area contributed by atoms with E-state index < -0.39 is 0 Å².